The molecule has 0 fully saturated rings. The van der Waals surface area contributed by atoms with Gasteiger partial charge in [-0.15, -0.1) is 23.7 Å². The zero-order valence-corrected chi connectivity index (χ0v) is 14.2. The molecule has 0 amide bonds. The van der Waals surface area contributed by atoms with Crippen molar-refractivity contribution in [3.63, 3.8) is 0 Å². The van der Waals surface area contributed by atoms with Crippen molar-refractivity contribution in [1.29, 1.82) is 0 Å². The lowest BCUT2D eigenvalue weighted by Crippen LogP contribution is -1.99. The summed E-state index contributed by atoms with van der Waals surface area (Å²) in [4.78, 5) is 5.95. The Kier molecular flexibility index (Phi) is 5.88. The van der Waals surface area contributed by atoms with Crippen LogP contribution in [0.4, 0.5) is 5.13 Å². The van der Waals surface area contributed by atoms with E-state index in [0.29, 0.717) is 10.0 Å². The van der Waals surface area contributed by atoms with Gasteiger partial charge in [0, 0.05) is 15.5 Å². The monoisotopic (exact) mass is 361 g/mol. The minimum absolute atomic E-state index is 0. The first-order valence-corrected chi connectivity index (χ1v) is 8.02. The molecule has 0 bridgehead atoms. The van der Waals surface area contributed by atoms with Crippen molar-refractivity contribution < 1.29 is 0 Å². The maximum atomic E-state index is 6.08. The molecular weight excluding hydrogens is 349 g/mol. The molecule has 1 heterocycles. The predicted molar refractivity (Wildman–Crippen MR) is 93.7 cm³/mol. The molecule has 0 radical (unpaired) electrons. The van der Waals surface area contributed by atoms with Crippen LogP contribution in [0, 0.1) is 0 Å². The maximum absolute atomic E-state index is 6.08. The fourth-order valence-electron chi connectivity index (χ4n) is 2.16. The van der Waals surface area contributed by atoms with Gasteiger partial charge in [0.05, 0.1) is 16.9 Å². The zero-order chi connectivity index (χ0) is 13.9. The lowest BCUT2D eigenvalue weighted by Gasteiger charge is -2.06. The highest BCUT2D eigenvalue weighted by molar-refractivity contribution is 7.15. The topological polar surface area (TPSA) is 37.3 Å². The highest BCUT2D eigenvalue weighted by atomic mass is 35.5. The molecular formula is C14H14Cl3N3S. The third kappa shape index (κ3) is 4.10. The molecule has 21 heavy (non-hydrogen) atoms. The van der Waals surface area contributed by atoms with Crippen molar-refractivity contribution in [2.75, 3.05) is 5.43 Å². The van der Waals surface area contributed by atoms with Crippen LogP contribution in [0.25, 0.3) is 0 Å². The predicted octanol–water partition coefficient (Wildman–Crippen LogP) is 5.20. The lowest BCUT2D eigenvalue weighted by atomic mass is 10.0. The van der Waals surface area contributed by atoms with Crippen molar-refractivity contribution in [1.82, 2.24) is 4.98 Å². The Morgan fingerprint density at radius 1 is 1.24 bits per heavy atom. The van der Waals surface area contributed by atoms with Gasteiger partial charge in [-0.1, -0.05) is 29.3 Å². The maximum Gasteiger partial charge on any atom is 0.203 e. The smallest absolute Gasteiger partial charge is 0.203 e. The molecule has 0 aliphatic heterocycles. The molecule has 1 aliphatic carbocycles. The summed E-state index contributed by atoms with van der Waals surface area (Å²) in [6.45, 7) is 0. The van der Waals surface area contributed by atoms with Gasteiger partial charge < -0.3 is 0 Å². The van der Waals surface area contributed by atoms with Crippen LogP contribution < -0.4 is 5.43 Å². The highest BCUT2D eigenvalue weighted by Crippen LogP contribution is 2.29. The molecule has 2 aromatic rings. The number of thiazole rings is 1. The number of nitrogens with zero attached hydrogens (tertiary/aromatic N) is 2. The van der Waals surface area contributed by atoms with Crippen LogP contribution in [0.5, 0.6) is 0 Å². The highest BCUT2D eigenvalue weighted by Gasteiger charge is 2.14. The number of benzene rings is 1. The van der Waals surface area contributed by atoms with Gasteiger partial charge in [-0.05, 0) is 37.8 Å². The van der Waals surface area contributed by atoms with Crippen LogP contribution in [0.3, 0.4) is 0 Å². The fraction of sp³-hybridized carbons (Fsp3) is 0.286. The first-order valence-electron chi connectivity index (χ1n) is 6.45. The van der Waals surface area contributed by atoms with Crippen LogP contribution in [-0.2, 0) is 12.8 Å². The van der Waals surface area contributed by atoms with Crippen LogP contribution in [0.1, 0.15) is 29.0 Å². The fourth-order valence-corrected chi connectivity index (χ4v) is 3.62. The number of rotatable bonds is 3. The van der Waals surface area contributed by atoms with E-state index >= 15 is 0 Å². The van der Waals surface area contributed by atoms with Crippen molar-refractivity contribution in [3.8, 4) is 0 Å². The number of nitrogens with one attached hydrogen (secondary N) is 1. The number of hydrazone groups is 1. The lowest BCUT2D eigenvalue weighted by molar-refractivity contribution is 0.682. The molecule has 7 heteroatoms. The number of aryl methyl sites for hydroxylation is 2. The van der Waals surface area contributed by atoms with E-state index in [0.717, 1.165) is 23.5 Å². The van der Waals surface area contributed by atoms with Crippen molar-refractivity contribution in [3.05, 3.63) is 44.4 Å². The van der Waals surface area contributed by atoms with E-state index < -0.39 is 0 Å². The molecule has 0 saturated carbocycles. The number of halogens is 3. The number of fused-ring (bicyclic) bond motifs is 1. The van der Waals surface area contributed by atoms with E-state index in [-0.39, 0.29) is 12.4 Å². The second-order valence-corrected chi connectivity index (χ2v) is 6.56. The minimum Gasteiger partial charge on any atom is -0.253 e. The Labute approximate surface area is 143 Å². The molecule has 112 valence electrons. The van der Waals surface area contributed by atoms with Crippen molar-refractivity contribution in [2.24, 2.45) is 5.10 Å². The van der Waals surface area contributed by atoms with Gasteiger partial charge in [-0.2, -0.15) is 5.10 Å². The molecule has 3 rings (SSSR count). The van der Waals surface area contributed by atoms with Crippen LogP contribution >= 0.6 is 46.9 Å². The first kappa shape index (κ1) is 16.6. The summed E-state index contributed by atoms with van der Waals surface area (Å²) in [5.41, 5.74) is 5.03. The van der Waals surface area contributed by atoms with E-state index in [1.165, 1.54) is 23.4 Å². The Hall–Kier alpha value is -0.810. The van der Waals surface area contributed by atoms with E-state index in [1.807, 2.05) is 6.07 Å². The van der Waals surface area contributed by atoms with E-state index in [9.17, 15) is 0 Å². The molecule has 1 aromatic carbocycles. The van der Waals surface area contributed by atoms with Gasteiger partial charge in [0.15, 0.2) is 0 Å². The van der Waals surface area contributed by atoms with Gasteiger partial charge in [-0.3, -0.25) is 5.43 Å². The first-order chi connectivity index (χ1) is 9.72. The summed E-state index contributed by atoms with van der Waals surface area (Å²) in [5, 5.41) is 6.24. The van der Waals surface area contributed by atoms with Gasteiger partial charge in [0.25, 0.3) is 0 Å². The Morgan fingerprint density at radius 3 is 2.81 bits per heavy atom. The average molecular weight is 363 g/mol. The average Bonchev–Trinajstić information content (AvgIpc) is 2.84. The van der Waals surface area contributed by atoms with Crippen molar-refractivity contribution >= 4 is 58.3 Å². The summed E-state index contributed by atoms with van der Waals surface area (Å²) in [6.07, 6.45) is 6.40. The largest absolute Gasteiger partial charge is 0.253 e. The number of anilines is 1. The van der Waals surface area contributed by atoms with Crippen LogP contribution in [-0.4, -0.2) is 11.2 Å². The molecule has 1 aromatic heterocycles. The second-order valence-electron chi connectivity index (χ2n) is 4.63. The molecule has 0 saturated heterocycles. The quantitative estimate of drug-likeness (QED) is 0.602. The summed E-state index contributed by atoms with van der Waals surface area (Å²) in [5.74, 6) is 0. The molecule has 3 nitrogen and oxygen atoms in total. The summed E-state index contributed by atoms with van der Waals surface area (Å²) >= 11 is 13.6. The Bertz CT molecular complexity index is 631. The van der Waals surface area contributed by atoms with E-state index in [2.05, 4.69) is 15.5 Å². The van der Waals surface area contributed by atoms with Gasteiger partial charge in [-0.25, -0.2) is 4.98 Å². The summed E-state index contributed by atoms with van der Waals surface area (Å²) in [7, 11) is 0. The number of hydrogen-bond acceptors (Lipinski definition) is 4. The Balaban J connectivity index is 0.00000161. The van der Waals surface area contributed by atoms with Crippen LogP contribution in [0.15, 0.2) is 23.3 Å². The third-order valence-electron chi connectivity index (χ3n) is 3.17. The Morgan fingerprint density at radius 2 is 2.05 bits per heavy atom. The molecule has 0 spiro atoms. The van der Waals surface area contributed by atoms with Gasteiger partial charge >= 0.3 is 0 Å². The third-order valence-corrected chi connectivity index (χ3v) is 4.80. The number of aromatic nitrogens is 1. The minimum atomic E-state index is 0. The van der Waals surface area contributed by atoms with Crippen molar-refractivity contribution in [2.45, 2.75) is 25.7 Å². The van der Waals surface area contributed by atoms with Gasteiger partial charge in [0.2, 0.25) is 5.13 Å². The SMILES string of the molecule is Cl.Clc1ccc(C=NNc2nc3c(s2)CCCC3)c(Cl)c1. The summed E-state index contributed by atoms with van der Waals surface area (Å²) in [6, 6.07) is 5.33. The molecule has 0 atom stereocenters. The molecule has 0 unspecified atom stereocenters. The van der Waals surface area contributed by atoms with Gasteiger partial charge in [0.1, 0.15) is 0 Å². The zero-order valence-electron chi connectivity index (χ0n) is 11.1. The van der Waals surface area contributed by atoms with E-state index in [1.54, 1.807) is 29.7 Å². The second kappa shape index (κ2) is 7.45. The van der Waals surface area contributed by atoms with E-state index in [4.69, 9.17) is 23.2 Å². The number of hydrogen-bond donors (Lipinski definition) is 1. The van der Waals surface area contributed by atoms with Crippen LogP contribution in [0.2, 0.25) is 10.0 Å². The molecule has 1 aliphatic rings. The normalized spacial score (nSPS) is 13.8. The summed E-state index contributed by atoms with van der Waals surface area (Å²) < 4.78 is 0. The standard InChI is InChI=1S/C14H13Cl2N3S.ClH/c15-10-6-5-9(11(16)7-10)8-17-19-14-18-12-3-1-2-4-13(12)20-14;/h5-8H,1-4H2,(H,18,19);1H. The molecule has 1 N–H and O–H groups in total.